The SMILES string of the molecule is Cc1ccc(C(c2ccc(O)c([N+](=O)[O-])c2)(c2ccc(O)c([N+](=O)[O-])c2)C(F)(F)F)cc1. The van der Waals surface area contributed by atoms with Crippen molar-refractivity contribution in [2.75, 3.05) is 0 Å². The molecule has 0 spiro atoms. The highest BCUT2D eigenvalue weighted by atomic mass is 19.4. The number of nitrogens with zero attached hydrogens (tertiary/aromatic N) is 2. The smallest absolute Gasteiger partial charge is 0.406 e. The normalized spacial score (nSPS) is 11.9. The van der Waals surface area contributed by atoms with Gasteiger partial charge in [-0.15, -0.1) is 0 Å². The maximum atomic E-state index is 14.9. The van der Waals surface area contributed by atoms with Gasteiger partial charge in [-0.3, -0.25) is 20.2 Å². The van der Waals surface area contributed by atoms with Gasteiger partial charge in [0.05, 0.1) is 9.85 Å². The van der Waals surface area contributed by atoms with Gasteiger partial charge in [0.25, 0.3) is 0 Å². The molecule has 3 aromatic carbocycles. The second kappa shape index (κ2) is 7.84. The Balaban J connectivity index is 2.52. The average molecular weight is 448 g/mol. The second-order valence-corrected chi connectivity index (χ2v) is 7.03. The molecule has 0 aromatic heterocycles. The van der Waals surface area contributed by atoms with Gasteiger partial charge in [0, 0.05) is 12.1 Å². The standard InChI is InChI=1S/C21H15F3N2O6/c1-12-2-4-13(5-3-12)20(21(22,23)24,14-6-8-18(27)16(10-14)25(29)30)15-7-9-19(28)17(11-15)26(31)32/h2-11,27-28H,1H3. The van der Waals surface area contributed by atoms with Gasteiger partial charge >= 0.3 is 17.6 Å². The first kappa shape index (κ1) is 22.5. The van der Waals surface area contributed by atoms with Crippen LogP contribution in [0.25, 0.3) is 0 Å². The van der Waals surface area contributed by atoms with E-state index in [-0.39, 0.29) is 5.56 Å². The maximum Gasteiger partial charge on any atom is 0.406 e. The van der Waals surface area contributed by atoms with Crippen LogP contribution < -0.4 is 0 Å². The molecule has 166 valence electrons. The van der Waals surface area contributed by atoms with E-state index in [4.69, 9.17) is 0 Å². The highest BCUT2D eigenvalue weighted by Gasteiger charge is 2.59. The van der Waals surface area contributed by atoms with Crippen molar-refractivity contribution >= 4 is 11.4 Å². The third kappa shape index (κ3) is 3.57. The maximum absolute atomic E-state index is 14.9. The summed E-state index contributed by atoms with van der Waals surface area (Å²) in [7, 11) is 0. The quantitative estimate of drug-likeness (QED) is 0.317. The molecule has 0 bridgehead atoms. The molecule has 0 aliphatic rings. The number of aryl methyl sites for hydroxylation is 1. The van der Waals surface area contributed by atoms with Crippen LogP contribution in [0, 0.1) is 27.2 Å². The van der Waals surface area contributed by atoms with Crippen molar-refractivity contribution in [3.8, 4) is 11.5 Å². The van der Waals surface area contributed by atoms with Crippen molar-refractivity contribution in [1.82, 2.24) is 0 Å². The lowest BCUT2D eigenvalue weighted by Gasteiger charge is -2.37. The molecule has 32 heavy (non-hydrogen) atoms. The summed E-state index contributed by atoms with van der Waals surface area (Å²) >= 11 is 0. The Morgan fingerprint density at radius 3 is 1.44 bits per heavy atom. The van der Waals surface area contributed by atoms with Gasteiger partial charge in [-0.25, -0.2) is 0 Å². The monoisotopic (exact) mass is 448 g/mol. The molecule has 0 saturated heterocycles. The van der Waals surface area contributed by atoms with Crippen LogP contribution in [0.5, 0.6) is 11.5 Å². The van der Waals surface area contributed by atoms with Crippen LogP contribution in [0.15, 0.2) is 60.7 Å². The number of nitro benzene ring substituents is 2. The van der Waals surface area contributed by atoms with Gasteiger partial charge in [-0.05, 0) is 35.7 Å². The van der Waals surface area contributed by atoms with Crippen LogP contribution in [-0.4, -0.2) is 26.2 Å². The average Bonchev–Trinajstić information content (AvgIpc) is 2.70. The summed E-state index contributed by atoms with van der Waals surface area (Å²) < 4.78 is 44.8. The Kier molecular flexibility index (Phi) is 5.52. The number of hydrogen-bond acceptors (Lipinski definition) is 6. The third-order valence-corrected chi connectivity index (χ3v) is 5.12. The molecular formula is C21H15F3N2O6. The van der Waals surface area contributed by atoms with E-state index in [0.29, 0.717) is 17.7 Å². The minimum atomic E-state index is -5.14. The molecule has 2 N–H and O–H groups in total. The number of nitro groups is 2. The topological polar surface area (TPSA) is 127 Å². The van der Waals surface area contributed by atoms with Gasteiger partial charge in [0.1, 0.15) is 5.41 Å². The summed E-state index contributed by atoms with van der Waals surface area (Å²) in [5.41, 5.74) is -6.02. The fourth-order valence-electron chi connectivity index (χ4n) is 3.60. The Hall–Kier alpha value is -4.15. The molecule has 0 aliphatic heterocycles. The molecule has 0 saturated carbocycles. The molecule has 0 atom stereocenters. The Morgan fingerprint density at radius 1 is 0.719 bits per heavy atom. The molecule has 0 heterocycles. The van der Waals surface area contributed by atoms with E-state index in [1.165, 1.54) is 24.3 Å². The van der Waals surface area contributed by atoms with Crippen molar-refractivity contribution in [3.63, 3.8) is 0 Å². The van der Waals surface area contributed by atoms with Gasteiger partial charge in [0.15, 0.2) is 11.5 Å². The highest BCUT2D eigenvalue weighted by Crippen LogP contribution is 2.53. The zero-order valence-corrected chi connectivity index (χ0v) is 16.3. The minimum absolute atomic E-state index is 0.365. The van der Waals surface area contributed by atoms with E-state index in [1.807, 2.05) is 0 Å². The fraction of sp³-hybridized carbons (Fsp3) is 0.143. The third-order valence-electron chi connectivity index (χ3n) is 5.12. The second-order valence-electron chi connectivity index (χ2n) is 7.03. The van der Waals surface area contributed by atoms with Crippen LogP contribution in [-0.2, 0) is 5.41 Å². The van der Waals surface area contributed by atoms with Gasteiger partial charge in [-0.2, -0.15) is 13.2 Å². The van der Waals surface area contributed by atoms with Crippen molar-refractivity contribution in [2.45, 2.75) is 18.5 Å². The van der Waals surface area contributed by atoms with Gasteiger partial charge < -0.3 is 10.2 Å². The first-order valence-electron chi connectivity index (χ1n) is 8.99. The first-order valence-corrected chi connectivity index (χ1v) is 8.99. The van der Waals surface area contributed by atoms with Crippen LogP contribution in [0.3, 0.4) is 0 Å². The zero-order chi connectivity index (χ0) is 23.8. The summed E-state index contributed by atoms with van der Waals surface area (Å²) in [5, 5.41) is 42.1. The Morgan fingerprint density at radius 2 is 1.09 bits per heavy atom. The van der Waals surface area contributed by atoms with E-state index < -0.39 is 55.4 Å². The zero-order valence-electron chi connectivity index (χ0n) is 16.3. The number of phenolic OH excluding ortho intramolecular Hbond substituents is 2. The fourth-order valence-corrected chi connectivity index (χ4v) is 3.60. The lowest BCUT2D eigenvalue weighted by molar-refractivity contribution is -0.386. The summed E-state index contributed by atoms with van der Waals surface area (Å²) in [5.74, 6) is -1.68. The summed E-state index contributed by atoms with van der Waals surface area (Å²) in [4.78, 5) is 20.5. The number of benzene rings is 3. The van der Waals surface area contributed by atoms with Crippen LogP contribution >= 0.6 is 0 Å². The highest BCUT2D eigenvalue weighted by molar-refractivity contribution is 5.61. The first-order chi connectivity index (χ1) is 14.9. The van der Waals surface area contributed by atoms with E-state index in [2.05, 4.69) is 0 Å². The minimum Gasteiger partial charge on any atom is -0.502 e. The van der Waals surface area contributed by atoms with Crippen molar-refractivity contribution in [1.29, 1.82) is 0 Å². The molecule has 0 aliphatic carbocycles. The predicted octanol–water partition coefficient (Wildman–Crippen LogP) is 5.12. The molecule has 8 nitrogen and oxygen atoms in total. The molecule has 0 unspecified atom stereocenters. The number of rotatable bonds is 5. The molecule has 11 heteroatoms. The van der Waals surface area contributed by atoms with E-state index in [9.17, 15) is 43.6 Å². The van der Waals surface area contributed by atoms with Gasteiger partial charge in [-0.1, -0.05) is 42.0 Å². The summed E-state index contributed by atoms with van der Waals surface area (Å²) in [6.07, 6.45) is -5.14. The molecule has 3 rings (SSSR count). The molecule has 0 fully saturated rings. The predicted molar refractivity (Wildman–Crippen MR) is 107 cm³/mol. The molecule has 0 amide bonds. The Bertz CT molecular complexity index is 1150. The van der Waals surface area contributed by atoms with Crippen LogP contribution in [0.2, 0.25) is 0 Å². The number of hydrogen-bond donors (Lipinski definition) is 2. The largest absolute Gasteiger partial charge is 0.502 e. The Labute approximate surface area is 178 Å². The van der Waals surface area contributed by atoms with Crippen LogP contribution in [0.4, 0.5) is 24.5 Å². The van der Waals surface area contributed by atoms with Crippen molar-refractivity contribution in [3.05, 3.63) is 103 Å². The van der Waals surface area contributed by atoms with Gasteiger partial charge in [0.2, 0.25) is 0 Å². The number of alkyl halides is 3. The van der Waals surface area contributed by atoms with E-state index in [0.717, 1.165) is 24.3 Å². The lowest BCUT2D eigenvalue weighted by atomic mass is 9.68. The van der Waals surface area contributed by atoms with E-state index >= 15 is 0 Å². The van der Waals surface area contributed by atoms with Crippen LogP contribution in [0.1, 0.15) is 22.3 Å². The number of aromatic hydroxyl groups is 2. The van der Waals surface area contributed by atoms with Crippen molar-refractivity contribution in [2.24, 2.45) is 0 Å². The molecular weight excluding hydrogens is 433 g/mol. The molecule has 0 radical (unpaired) electrons. The number of phenols is 2. The lowest BCUT2D eigenvalue weighted by Crippen LogP contribution is -2.44. The molecule has 3 aromatic rings. The number of halogens is 3. The van der Waals surface area contributed by atoms with Crippen molar-refractivity contribution < 1.29 is 33.2 Å². The summed E-state index contributed by atoms with van der Waals surface area (Å²) in [6.45, 7) is 1.65. The summed E-state index contributed by atoms with van der Waals surface area (Å²) in [6, 6.07) is 9.57. The van der Waals surface area contributed by atoms with E-state index in [1.54, 1.807) is 6.92 Å².